The zero-order valence-corrected chi connectivity index (χ0v) is 30.3. The van der Waals surface area contributed by atoms with E-state index in [2.05, 4.69) is 152 Å². The molecule has 4 bridgehead atoms. The molecule has 5 aliphatic rings. The third kappa shape index (κ3) is 4.74. The van der Waals surface area contributed by atoms with Gasteiger partial charge in [0.2, 0.25) is 0 Å². The lowest BCUT2D eigenvalue weighted by Crippen LogP contribution is -2.55. The first-order valence-electron chi connectivity index (χ1n) is 19.7. The minimum absolute atomic E-state index is 0.00198. The fourth-order valence-corrected chi connectivity index (χ4v) is 11.5. The Balaban J connectivity index is 1.09. The molecule has 7 aromatic rings. The summed E-state index contributed by atoms with van der Waals surface area (Å²) in [5.41, 5.74) is 17.0. The van der Waals surface area contributed by atoms with Crippen molar-refractivity contribution < 1.29 is 0 Å². The monoisotopic (exact) mass is 692 g/mol. The molecule has 4 fully saturated rings. The van der Waals surface area contributed by atoms with Crippen LogP contribution >= 0.6 is 0 Å². The van der Waals surface area contributed by atoms with Crippen molar-refractivity contribution >= 4 is 0 Å². The fraction of sp³-hybridized carbons (Fsp3) is 0.192. The molecular weight excluding hydrogens is 653 g/mol. The molecule has 1 aromatic heterocycles. The lowest BCUT2D eigenvalue weighted by Gasteiger charge is -2.61. The first-order valence-corrected chi connectivity index (χ1v) is 19.7. The van der Waals surface area contributed by atoms with E-state index in [-0.39, 0.29) is 5.41 Å². The van der Waals surface area contributed by atoms with Crippen LogP contribution in [0.25, 0.3) is 67.0 Å². The maximum atomic E-state index is 11.2. The topological polar surface area (TPSA) is 36.7 Å². The van der Waals surface area contributed by atoms with Crippen LogP contribution in [0.1, 0.15) is 48.8 Å². The molecule has 0 radical (unpaired) electrons. The molecule has 0 unspecified atom stereocenters. The molecule has 0 N–H and O–H groups in total. The van der Waals surface area contributed by atoms with Gasteiger partial charge >= 0.3 is 0 Å². The summed E-state index contributed by atoms with van der Waals surface area (Å²) < 4.78 is 0. The molecule has 0 atom stereocenters. The smallest absolute Gasteiger partial charge is 0.100 e. The van der Waals surface area contributed by atoms with Crippen LogP contribution in [0, 0.1) is 35.0 Å². The van der Waals surface area contributed by atoms with Gasteiger partial charge in [-0.2, -0.15) is 5.26 Å². The van der Waals surface area contributed by atoms with Gasteiger partial charge < -0.3 is 0 Å². The molecule has 0 saturated heterocycles. The van der Waals surface area contributed by atoms with Crippen LogP contribution < -0.4 is 0 Å². The van der Waals surface area contributed by atoms with Crippen molar-refractivity contribution in [2.24, 2.45) is 23.7 Å². The lowest BCUT2D eigenvalue weighted by atomic mass is 9.43. The van der Waals surface area contributed by atoms with Crippen molar-refractivity contribution in [1.82, 2.24) is 4.98 Å². The molecule has 5 aliphatic carbocycles. The standard InChI is InChI=1S/C52H40N2/c53-32-46-44(40-18-10-17-38(28-40)41-30-49(36-13-6-2-7-14-36)54-50(31-41)37-15-8-3-9-16-37)20-22-48-51(46)45-29-39(35-11-4-1-5-12-35)19-21-47(45)52(48)42-24-33-23-34(26-42)27-43(52)25-33/h1-22,28-31,33-34,42-43H,23-27H2. The molecule has 1 heterocycles. The number of nitriles is 1. The number of hydrogen-bond donors (Lipinski definition) is 0. The molecule has 0 aliphatic heterocycles. The SMILES string of the molecule is N#Cc1c(-c2cccc(-c3cc(-c4ccccc4)nc(-c4ccccc4)c3)c2)ccc2c1-c1cc(-c3ccccc3)ccc1C21C2CC3CC(C2)CC1C3. The summed E-state index contributed by atoms with van der Waals surface area (Å²) in [7, 11) is 0. The van der Waals surface area contributed by atoms with Crippen LogP contribution in [0.3, 0.4) is 0 Å². The van der Waals surface area contributed by atoms with Crippen LogP contribution in [-0.4, -0.2) is 4.98 Å². The maximum Gasteiger partial charge on any atom is 0.100 e. The van der Waals surface area contributed by atoms with E-state index in [1.54, 1.807) is 0 Å². The van der Waals surface area contributed by atoms with E-state index in [4.69, 9.17) is 4.98 Å². The Kier molecular flexibility index (Phi) is 7.15. The van der Waals surface area contributed by atoms with E-state index >= 15 is 0 Å². The van der Waals surface area contributed by atoms with E-state index in [0.29, 0.717) is 11.8 Å². The second-order valence-corrected chi connectivity index (χ2v) is 16.3. The second-order valence-electron chi connectivity index (χ2n) is 16.3. The molecule has 0 amide bonds. The Bertz CT molecular complexity index is 2530. The van der Waals surface area contributed by atoms with Crippen LogP contribution in [0.2, 0.25) is 0 Å². The van der Waals surface area contributed by atoms with Crippen LogP contribution in [0.5, 0.6) is 0 Å². The minimum atomic E-state index is -0.00198. The summed E-state index contributed by atoms with van der Waals surface area (Å²) in [6.45, 7) is 0. The van der Waals surface area contributed by atoms with E-state index < -0.39 is 0 Å². The van der Waals surface area contributed by atoms with Crippen LogP contribution in [0.4, 0.5) is 0 Å². The Hall–Kier alpha value is -6.04. The highest BCUT2D eigenvalue weighted by atomic mass is 14.7. The highest BCUT2D eigenvalue weighted by Crippen LogP contribution is 2.70. The predicted octanol–water partition coefficient (Wildman–Crippen LogP) is 13.0. The summed E-state index contributed by atoms with van der Waals surface area (Å²) in [6.07, 6.45) is 6.70. The Morgan fingerprint density at radius 3 is 1.59 bits per heavy atom. The maximum absolute atomic E-state index is 11.2. The van der Waals surface area contributed by atoms with Crippen LogP contribution in [-0.2, 0) is 5.41 Å². The van der Waals surface area contributed by atoms with Crippen molar-refractivity contribution in [3.63, 3.8) is 0 Å². The van der Waals surface area contributed by atoms with Crippen molar-refractivity contribution in [2.75, 3.05) is 0 Å². The Morgan fingerprint density at radius 2 is 0.981 bits per heavy atom. The Labute approximate surface area is 317 Å². The number of rotatable bonds is 5. The molecule has 1 spiro atoms. The van der Waals surface area contributed by atoms with Gasteiger partial charge in [0.25, 0.3) is 0 Å². The van der Waals surface area contributed by atoms with Crippen molar-refractivity contribution in [3.05, 3.63) is 174 Å². The van der Waals surface area contributed by atoms with Gasteiger partial charge in [-0.1, -0.05) is 133 Å². The van der Waals surface area contributed by atoms with Gasteiger partial charge in [0.05, 0.1) is 17.0 Å². The first-order chi connectivity index (χ1) is 26.7. The third-order valence-corrected chi connectivity index (χ3v) is 13.5. The van der Waals surface area contributed by atoms with Gasteiger partial charge in [-0.05, 0) is 125 Å². The fourth-order valence-electron chi connectivity index (χ4n) is 11.5. The summed E-state index contributed by atoms with van der Waals surface area (Å²) in [5, 5.41) is 11.2. The number of benzene rings is 6. The highest BCUT2D eigenvalue weighted by molar-refractivity contribution is 5.93. The van der Waals surface area contributed by atoms with E-state index in [9.17, 15) is 5.26 Å². The number of nitrogens with zero attached hydrogens (tertiary/aromatic N) is 2. The average Bonchev–Trinajstić information content (AvgIpc) is 3.53. The summed E-state index contributed by atoms with van der Waals surface area (Å²) in [5.74, 6) is 3.01. The second kappa shape index (κ2) is 12.3. The third-order valence-electron chi connectivity index (χ3n) is 13.5. The normalized spacial score (nSPS) is 22.9. The largest absolute Gasteiger partial charge is 0.248 e. The molecule has 4 saturated carbocycles. The van der Waals surface area contributed by atoms with Gasteiger partial charge in [-0.3, -0.25) is 0 Å². The van der Waals surface area contributed by atoms with Crippen molar-refractivity contribution in [2.45, 2.75) is 37.5 Å². The quantitative estimate of drug-likeness (QED) is 0.180. The van der Waals surface area contributed by atoms with Crippen LogP contribution in [0.15, 0.2) is 158 Å². The average molecular weight is 693 g/mol. The lowest BCUT2D eigenvalue weighted by molar-refractivity contribution is -0.0399. The molecule has 2 nitrogen and oxygen atoms in total. The Morgan fingerprint density at radius 1 is 0.444 bits per heavy atom. The predicted molar refractivity (Wildman–Crippen MR) is 219 cm³/mol. The van der Waals surface area contributed by atoms with Gasteiger partial charge in [-0.25, -0.2) is 4.98 Å². The van der Waals surface area contributed by atoms with Crippen molar-refractivity contribution in [3.8, 4) is 73.1 Å². The number of fused-ring (bicyclic) bond motifs is 3. The summed E-state index contributed by atoms with van der Waals surface area (Å²) in [4.78, 5) is 5.13. The molecule has 2 heteroatoms. The number of pyridine rings is 1. The summed E-state index contributed by atoms with van der Waals surface area (Å²) in [6, 6.07) is 59.5. The van der Waals surface area contributed by atoms with E-state index in [1.807, 2.05) is 12.1 Å². The zero-order chi connectivity index (χ0) is 35.8. The number of hydrogen-bond acceptors (Lipinski definition) is 2. The summed E-state index contributed by atoms with van der Waals surface area (Å²) >= 11 is 0. The zero-order valence-electron chi connectivity index (χ0n) is 30.3. The van der Waals surface area contributed by atoms with Gasteiger partial charge in [-0.15, -0.1) is 0 Å². The van der Waals surface area contributed by atoms with Crippen molar-refractivity contribution in [1.29, 1.82) is 5.26 Å². The van der Waals surface area contributed by atoms with Gasteiger partial charge in [0.15, 0.2) is 0 Å². The molecule has 258 valence electrons. The molecular formula is C52H40N2. The molecule has 12 rings (SSSR count). The first kappa shape index (κ1) is 31.5. The van der Waals surface area contributed by atoms with E-state index in [0.717, 1.165) is 62.2 Å². The molecule has 54 heavy (non-hydrogen) atoms. The van der Waals surface area contributed by atoms with E-state index in [1.165, 1.54) is 65.5 Å². The van der Waals surface area contributed by atoms with Gasteiger partial charge in [0.1, 0.15) is 6.07 Å². The minimum Gasteiger partial charge on any atom is -0.248 e. The number of aromatic nitrogens is 1. The highest BCUT2D eigenvalue weighted by Gasteiger charge is 2.62. The van der Waals surface area contributed by atoms with Gasteiger partial charge in [0, 0.05) is 27.7 Å². The molecule has 6 aromatic carbocycles.